The Morgan fingerprint density at radius 3 is 2.85 bits per heavy atom. The molecule has 2 aliphatic heterocycles. The van der Waals surface area contributed by atoms with Crippen LogP contribution in [0.15, 0.2) is 18.2 Å². The minimum atomic E-state index is -0.584. The molecular weight excluding hydrogens is 342 g/mol. The zero-order valence-corrected chi connectivity index (χ0v) is 14.7. The van der Waals surface area contributed by atoms with Crippen molar-refractivity contribution < 1.29 is 23.0 Å². The minimum Gasteiger partial charge on any atom is -0.377 e. The maximum absolute atomic E-state index is 14.1. The number of morpholine rings is 1. The van der Waals surface area contributed by atoms with E-state index in [2.05, 4.69) is 5.32 Å². The lowest BCUT2D eigenvalue weighted by Crippen LogP contribution is -2.57. The third-order valence-electron chi connectivity index (χ3n) is 5.75. The van der Waals surface area contributed by atoms with Crippen LogP contribution in [0.2, 0.25) is 0 Å². The molecule has 0 aromatic heterocycles. The van der Waals surface area contributed by atoms with E-state index in [1.807, 2.05) is 0 Å². The Morgan fingerprint density at radius 2 is 2.15 bits per heavy atom. The number of hydrogen-bond acceptors (Lipinski definition) is 3. The van der Waals surface area contributed by atoms with Crippen LogP contribution in [0.25, 0.3) is 0 Å². The van der Waals surface area contributed by atoms with Crippen molar-refractivity contribution in [3.63, 3.8) is 0 Å². The van der Waals surface area contributed by atoms with E-state index in [9.17, 15) is 13.6 Å². The third-order valence-corrected chi connectivity index (χ3v) is 5.75. The van der Waals surface area contributed by atoms with Crippen molar-refractivity contribution in [3.05, 3.63) is 35.4 Å². The molecule has 1 aromatic carbocycles. The maximum atomic E-state index is 14.1. The molecule has 3 aliphatic rings. The molecule has 1 aliphatic carbocycles. The van der Waals surface area contributed by atoms with Crippen molar-refractivity contribution in [1.82, 2.24) is 10.2 Å². The molecule has 2 saturated heterocycles. The average molecular weight is 366 g/mol. The Morgan fingerprint density at radius 1 is 1.31 bits per heavy atom. The van der Waals surface area contributed by atoms with E-state index in [1.165, 1.54) is 12.1 Å². The van der Waals surface area contributed by atoms with Crippen LogP contribution in [0.1, 0.15) is 31.2 Å². The van der Waals surface area contributed by atoms with E-state index in [1.54, 1.807) is 4.90 Å². The predicted molar refractivity (Wildman–Crippen MR) is 91.0 cm³/mol. The lowest BCUT2D eigenvalue weighted by atomic mass is 9.95. The number of carbonyl (C=O) groups excluding carboxylic acids is 1. The van der Waals surface area contributed by atoms with Crippen LogP contribution in [-0.4, -0.2) is 56.0 Å². The van der Waals surface area contributed by atoms with E-state index in [4.69, 9.17) is 9.47 Å². The highest BCUT2D eigenvalue weighted by molar-refractivity contribution is 5.75. The van der Waals surface area contributed by atoms with Crippen molar-refractivity contribution in [2.24, 2.45) is 0 Å². The molecular formula is C19H24F2N2O3. The summed E-state index contributed by atoms with van der Waals surface area (Å²) >= 11 is 0. The number of hydrogen-bond donors (Lipinski definition) is 1. The summed E-state index contributed by atoms with van der Waals surface area (Å²) in [6.45, 7) is 2.59. The lowest BCUT2D eigenvalue weighted by Gasteiger charge is -2.38. The first-order valence-corrected chi connectivity index (χ1v) is 9.28. The molecule has 5 nitrogen and oxygen atoms in total. The fourth-order valence-electron chi connectivity index (χ4n) is 4.05. The van der Waals surface area contributed by atoms with Crippen LogP contribution in [0, 0.1) is 11.6 Å². The molecule has 0 spiro atoms. The monoisotopic (exact) mass is 366 g/mol. The molecule has 0 bridgehead atoms. The van der Waals surface area contributed by atoms with Gasteiger partial charge in [-0.05, 0) is 37.3 Å². The van der Waals surface area contributed by atoms with Gasteiger partial charge in [0.25, 0.3) is 0 Å². The third kappa shape index (κ3) is 3.42. The van der Waals surface area contributed by atoms with E-state index >= 15 is 0 Å². The van der Waals surface area contributed by atoms with Crippen LogP contribution in [0.4, 0.5) is 13.6 Å². The highest BCUT2D eigenvalue weighted by Crippen LogP contribution is 2.48. The molecule has 2 heterocycles. The Hall–Kier alpha value is -1.73. The fraction of sp³-hybridized carbons (Fsp3) is 0.632. The van der Waals surface area contributed by atoms with Crippen molar-refractivity contribution in [2.75, 3.05) is 32.9 Å². The van der Waals surface area contributed by atoms with Crippen LogP contribution < -0.4 is 5.32 Å². The second-order valence-corrected chi connectivity index (χ2v) is 7.45. The Bertz CT molecular complexity index is 675. The van der Waals surface area contributed by atoms with Gasteiger partial charge in [0, 0.05) is 31.2 Å². The van der Waals surface area contributed by atoms with E-state index in [0.29, 0.717) is 31.9 Å². The van der Waals surface area contributed by atoms with Crippen LogP contribution >= 0.6 is 0 Å². The van der Waals surface area contributed by atoms with Gasteiger partial charge in [-0.1, -0.05) is 6.07 Å². The van der Waals surface area contributed by atoms with Crippen molar-refractivity contribution >= 4 is 6.03 Å². The summed E-state index contributed by atoms with van der Waals surface area (Å²) in [6.07, 6.45) is 3.53. The lowest BCUT2D eigenvalue weighted by molar-refractivity contribution is -0.0473. The summed E-state index contributed by atoms with van der Waals surface area (Å²) in [4.78, 5) is 14.5. The number of nitrogens with zero attached hydrogens (tertiary/aromatic N) is 1. The maximum Gasteiger partial charge on any atom is 0.317 e. The van der Waals surface area contributed by atoms with Gasteiger partial charge < -0.3 is 19.7 Å². The zero-order chi connectivity index (χ0) is 18.1. The first-order chi connectivity index (χ1) is 12.6. The van der Waals surface area contributed by atoms with Gasteiger partial charge in [0.2, 0.25) is 0 Å². The largest absolute Gasteiger partial charge is 0.377 e. The molecule has 2 atom stereocenters. The van der Waals surface area contributed by atoms with E-state index < -0.39 is 17.0 Å². The normalized spacial score (nSPS) is 27.4. The number of benzene rings is 1. The van der Waals surface area contributed by atoms with E-state index in [-0.39, 0.29) is 18.2 Å². The van der Waals surface area contributed by atoms with Gasteiger partial charge in [0.1, 0.15) is 11.6 Å². The first kappa shape index (κ1) is 17.7. The van der Waals surface area contributed by atoms with Crippen molar-refractivity contribution in [3.8, 4) is 0 Å². The number of rotatable bonds is 4. The molecule has 2 amide bonds. The van der Waals surface area contributed by atoms with Crippen LogP contribution in [0.5, 0.6) is 0 Å². The summed E-state index contributed by atoms with van der Waals surface area (Å²) in [5, 5.41) is 2.96. The van der Waals surface area contributed by atoms with Crippen molar-refractivity contribution in [2.45, 2.75) is 43.2 Å². The quantitative estimate of drug-likeness (QED) is 0.891. The minimum absolute atomic E-state index is 0.0190. The number of ether oxygens (including phenoxy) is 2. The van der Waals surface area contributed by atoms with Gasteiger partial charge >= 0.3 is 6.03 Å². The Balaban J connectivity index is 1.41. The number of nitrogens with one attached hydrogen (secondary N) is 1. The molecule has 1 saturated carbocycles. The SMILES string of the molecule is O=C(NCC1(c2ccc(F)cc2F)CC1)N1CCOCC1C1CCCO1. The smallest absolute Gasteiger partial charge is 0.317 e. The summed E-state index contributed by atoms with van der Waals surface area (Å²) in [5.74, 6) is -1.13. The molecule has 4 rings (SSSR count). The molecule has 7 heteroatoms. The summed E-state index contributed by atoms with van der Waals surface area (Å²) in [5.41, 5.74) is 0.0656. The zero-order valence-electron chi connectivity index (χ0n) is 14.7. The summed E-state index contributed by atoms with van der Waals surface area (Å²) < 4.78 is 38.6. The summed E-state index contributed by atoms with van der Waals surface area (Å²) in [6, 6.07) is 3.43. The van der Waals surface area contributed by atoms with E-state index in [0.717, 1.165) is 38.4 Å². The van der Waals surface area contributed by atoms with Gasteiger partial charge in [-0.3, -0.25) is 0 Å². The number of carbonyl (C=O) groups is 1. The second-order valence-electron chi connectivity index (χ2n) is 7.45. The molecule has 1 aromatic rings. The fourth-order valence-corrected chi connectivity index (χ4v) is 4.05. The number of amides is 2. The second kappa shape index (κ2) is 7.12. The highest BCUT2D eigenvalue weighted by Gasteiger charge is 2.47. The molecule has 3 fully saturated rings. The van der Waals surface area contributed by atoms with Crippen LogP contribution in [-0.2, 0) is 14.9 Å². The van der Waals surface area contributed by atoms with Gasteiger partial charge in [-0.25, -0.2) is 13.6 Å². The van der Waals surface area contributed by atoms with Gasteiger partial charge in [-0.15, -0.1) is 0 Å². The topological polar surface area (TPSA) is 50.8 Å². The first-order valence-electron chi connectivity index (χ1n) is 9.28. The molecule has 1 N–H and O–H groups in total. The van der Waals surface area contributed by atoms with Crippen LogP contribution in [0.3, 0.4) is 0 Å². The molecule has 0 radical (unpaired) electrons. The average Bonchev–Trinajstić information content (AvgIpc) is 3.22. The number of urea groups is 1. The Kier molecular flexibility index (Phi) is 4.84. The van der Waals surface area contributed by atoms with Gasteiger partial charge in [0.15, 0.2) is 0 Å². The Labute approximate surface area is 151 Å². The van der Waals surface area contributed by atoms with Crippen molar-refractivity contribution in [1.29, 1.82) is 0 Å². The molecule has 142 valence electrons. The number of halogens is 2. The van der Waals surface area contributed by atoms with Gasteiger partial charge in [0.05, 0.1) is 25.4 Å². The standard InChI is InChI=1S/C19H24F2N2O3/c20-13-3-4-14(15(21)10-13)19(5-6-19)12-22-18(24)23-7-9-25-11-16(23)17-2-1-8-26-17/h3-4,10,16-17H,1-2,5-9,11-12H2,(H,22,24). The molecule has 2 unspecified atom stereocenters. The van der Waals surface area contributed by atoms with Gasteiger partial charge in [-0.2, -0.15) is 0 Å². The summed E-state index contributed by atoms with van der Waals surface area (Å²) in [7, 11) is 0. The predicted octanol–water partition coefficient (Wildman–Crippen LogP) is 2.59. The highest BCUT2D eigenvalue weighted by atomic mass is 19.1. The molecule has 26 heavy (non-hydrogen) atoms.